The summed E-state index contributed by atoms with van der Waals surface area (Å²) in [6.07, 6.45) is 2.13. The average molecular weight is 238 g/mol. The Hall–Kier alpha value is -1.10. The van der Waals surface area contributed by atoms with Gasteiger partial charge in [-0.3, -0.25) is 0 Å². The number of anilines is 1. The standard InChI is InChI=1S/C12H22N4O/c1-4-12(7-8-13-9-12)10-14-11(15-17-10)16(5-2)6-3/h13H,4-9H2,1-3H3. The van der Waals surface area contributed by atoms with Gasteiger partial charge in [-0.15, -0.1) is 0 Å². The highest BCUT2D eigenvalue weighted by Gasteiger charge is 2.39. The Balaban J connectivity index is 2.22. The normalized spacial score (nSPS) is 24.2. The molecule has 1 fully saturated rings. The fourth-order valence-electron chi connectivity index (χ4n) is 2.45. The van der Waals surface area contributed by atoms with Gasteiger partial charge in [0.1, 0.15) is 0 Å². The molecule has 2 rings (SSSR count). The zero-order chi connectivity index (χ0) is 12.3. The van der Waals surface area contributed by atoms with E-state index >= 15 is 0 Å². The van der Waals surface area contributed by atoms with Gasteiger partial charge in [-0.2, -0.15) is 4.98 Å². The molecule has 1 aliphatic heterocycles. The number of rotatable bonds is 5. The SMILES string of the molecule is CCN(CC)c1noc(C2(CC)CCNC2)n1. The lowest BCUT2D eigenvalue weighted by Gasteiger charge is -2.21. The minimum Gasteiger partial charge on any atom is -0.339 e. The third-order valence-corrected chi connectivity index (χ3v) is 3.84. The molecular weight excluding hydrogens is 216 g/mol. The fourth-order valence-corrected chi connectivity index (χ4v) is 2.45. The summed E-state index contributed by atoms with van der Waals surface area (Å²) in [4.78, 5) is 6.70. The Morgan fingerprint density at radius 3 is 2.65 bits per heavy atom. The Morgan fingerprint density at radius 2 is 2.12 bits per heavy atom. The average Bonchev–Trinajstić information content (AvgIpc) is 2.99. The predicted octanol–water partition coefficient (Wildman–Crippen LogP) is 1.56. The first-order valence-corrected chi connectivity index (χ1v) is 6.55. The van der Waals surface area contributed by atoms with Crippen LogP contribution in [0.1, 0.15) is 39.5 Å². The lowest BCUT2D eigenvalue weighted by molar-refractivity contribution is 0.285. The van der Waals surface area contributed by atoms with Crippen LogP contribution in [0.3, 0.4) is 0 Å². The second-order valence-electron chi connectivity index (χ2n) is 4.63. The van der Waals surface area contributed by atoms with Crippen molar-refractivity contribution in [3.63, 3.8) is 0 Å². The molecule has 1 unspecified atom stereocenters. The van der Waals surface area contributed by atoms with Crippen LogP contribution < -0.4 is 10.2 Å². The first-order chi connectivity index (χ1) is 8.25. The van der Waals surface area contributed by atoms with Crippen molar-refractivity contribution in [2.45, 2.75) is 39.0 Å². The van der Waals surface area contributed by atoms with E-state index in [-0.39, 0.29) is 5.41 Å². The largest absolute Gasteiger partial charge is 0.339 e. The molecule has 0 radical (unpaired) electrons. The molecular formula is C12H22N4O. The van der Waals surface area contributed by atoms with Crippen LogP contribution in [0.15, 0.2) is 4.52 Å². The second kappa shape index (κ2) is 5.04. The van der Waals surface area contributed by atoms with Gasteiger partial charge in [0.2, 0.25) is 5.89 Å². The van der Waals surface area contributed by atoms with Crippen LogP contribution in [0.25, 0.3) is 0 Å². The van der Waals surface area contributed by atoms with Gasteiger partial charge in [0.25, 0.3) is 5.95 Å². The topological polar surface area (TPSA) is 54.2 Å². The van der Waals surface area contributed by atoms with Crippen molar-refractivity contribution in [2.75, 3.05) is 31.1 Å². The molecule has 1 saturated heterocycles. The number of nitrogens with zero attached hydrogens (tertiary/aromatic N) is 3. The van der Waals surface area contributed by atoms with Gasteiger partial charge in [0.15, 0.2) is 0 Å². The van der Waals surface area contributed by atoms with Gasteiger partial charge in [-0.25, -0.2) is 0 Å². The molecule has 5 nitrogen and oxygen atoms in total. The summed E-state index contributed by atoms with van der Waals surface area (Å²) in [5.41, 5.74) is 0.0540. The maximum Gasteiger partial charge on any atom is 0.266 e. The summed E-state index contributed by atoms with van der Waals surface area (Å²) in [6, 6.07) is 0. The summed E-state index contributed by atoms with van der Waals surface area (Å²) in [5, 5.41) is 7.50. The monoisotopic (exact) mass is 238 g/mol. The Bertz CT molecular complexity index is 353. The molecule has 1 atom stereocenters. The minimum absolute atomic E-state index is 0.0540. The van der Waals surface area contributed by atoms with Gasteiger partial charge in [0, 0.05) is 19.6 Å². The van der Waals surface area contributed by atoms with Crippen molar-refractivity contribution >= 4 is 5.95 Å². The highest BCUT2D eigenvalue weighted by atomic mass is 16.5. The van der Waals surface area contributed by atoms with Gasteiger partial charge in [0.05, 0.1) is 5.41 Å². The van der Waals surface area contributed by atoms with E-state index in [0.717, 1.165) is 50.9 Å². The van der Waals surface area contributed by atoms with E-state index < -0.39 is 0 Å². The van der Waals surface area contributed by atoms with Crippen LogP contribution in [-0.2, 0) is 5.41 Å². The summed E-state index contributed by atoms with van der Waals surface area (Å²) >= 11 is 0. The van der Waals surface area contributed by atoms with Crippen LogP contribution in [0.4, 0.5) is 5.95 Å². The second-order valence-corrected chi connectivity index (χ2v) is 4.63. The van der Waals surface area contributed by atoms with Gasteiger partial charge < -0.3 is 14.7 Å². The molecule has 96 valence electrons. The van der Waals surface area contributed by atoms with Crippen LogP contribution in [0.5, 0.6) is 0 Å². The van der Waals surface area contributed by atoms with E-state index in [4.69, 9.17) is 4.52 Å². The van der Waals surface area contributed by atoms with E-state index in [2.05, 4.69) is 41.1 Å². The fraction of sp³-hybridized carbons (Fsp3) is 0.833. The zero-order valence-corrected chi connectivity index (χ0v) is 11.0. The molecule has 0 bridgehead atoms. The number of hydrogen-bond acceptors (Lipinski definition) is 5. The molecule has 17 heavy (non-hydrogen) atoms. The van der Waals surface area contributed by atoms with Crippen molar-refractivity contribution in [3.8, 4) is 0 Å². The smallest absolute Gasteiger partial charge is 0.266 e. The van der Waals surface area contributed by atoms with Gasteiger partial charge in [-0.1, -0.05) is 6.92 Å². The molecule has 1 aliphatic rings. The highest BCUT2D eigenvalue weighted by Crippen LogP contribution is 2.33. The van der Waals surface area contributed by atoms with Gasteiger partial charge >= 0.3 is 0 Å². The molecule has 1 aromatic rings. The molecule has 0 aliphatic carbocycles. The Labute approximate surface area is 103 Å². The van der Waals surface area contributed by atoms with Crippen molar-refractivity contribution in [3.05, 3.63) is 5.89 Å². The summed E-state index contributed by atoms with van der Waals surface area (Å²) < 4.78 is 5.48. The summed E-state index contributed by atoms with van der Waals surface area (Å²) in [7, 11) is 0. The Kier molecular flexibility index (Phi) is 3.66. The van der Waals surface area contributed by atoms with Crippen LogP contribution in [0.2, 0.25) is 0 Å². The molecule has 1 N–H and O–H groups in total. The number of aromatic nitrogens is 2. The lowest BCUT2D eigenvalue weighted by Crippen LogP contribution is -2.29. The predicted molar refractivity (Wildman–Crippen MR) is 67.3 cm³/mol. The van der Waals surface area contributed by atoms with E-state index in [9.17, 15) is 0 Å². The number of nitrogens with one attached hydrogen (secondary N) is 1. The molecule has 0 aromatic carbocycles. The van der Waals surface area contributed by atoms with E-state index in [1.807, 2.05) is 0 Å². The Morgan fingerprint density at radius 1 is 1.35 bits per heavy atom. The van der Waals surface area contributed by atoms with Crippen LogP contribution in [0, 0.1) is 0 Å². The number of hydrogen-bond donors (Lipinski definition) is 1. The van der Waals surface area contributed by atoms with Crippen molar-refractivity contribution < 1.29 is 4.52 Å². The molecule has 2 heterocycles. The minimum atomic E-state index is 0.0540. The third kappa shape index (κ3) is 2.16. The van der Waals surface area contributed by atoms with E-state index in [1.54, 1.807) is 0 Å². The summed E-state index contributed by atoms with van der Waals surface area (Å²) in [5.74, 6) is 1.52. The summed E-state index contributed by atoms with van der Waals surface area (Å²) in [6.45, 7) is 10.2. The first kappa shape index (κ1) is 12.4. The molecule has 1 aromatic heterocycles. The molecule has 0 spiro atoms. The quantitative estimate of drug-likeness (QED) is 0.843. The van der Waals surface area contributed by atoms with Crippen LogP contribution in [-0.4, -0.2) is 36.3 Å². The van der Waals surface area contributed by atoms with Crippen LogP contribution >= 0.6 is 0 Å². The maximum atomic E-state index is 5.48. The highest BCUT2D eigenvalue weighted by molar-refractivity contribution is 5.28. The first-order valence-electron chi connectivity index (χ1n) is 6.55. The van der Waals surface area contributed by atoms with Gasteiger partial charge in [-0.05, 0) is 38.4 Å². The lowest BCUT2D eigenvalue weighted by atomic mass is 9.84. The maximum absolute atomic E-state index is 5.48. The van der Waals surface area contributed by atoms with Crippen molar-refractivity contribution in [1.29, 1.82) is 0 Å². The van der Waals surface area contributed by atoms with Crippen molar-refractivity contribution in [2.24, 2.45) is 0 Å². The molecule has 0 amide bonds. The molecule has 5 heteroatoms. The zero-order valence-electron chi connectivity index (χ0n) is 11.0. The third-order valence-electron chi connectivity index (χ3n) is 3.84. The van der Waals surface area contributed by atoms with E-state index in [1.165, 1.54) is 0 Å². The van der Waals surface area contributed by atoms with Crippen molar-refractivity contribution in [1.82, 2.24) is 15.5 Å². The van der Waals surface area contributed by atoms with E-state index in [0.29, 0.717) is 0 Å². The molecule has 0 saturated carbocycles.